The van der Waals surface area contributed by atoms with Crippen LogP contribution in [0, 0.1) is 5.92 Å². The number of carbonyl (C=O) groups is 1. The zero-order chi connectivity index (χ0) is 16.9. The lowest BCUT2D eigenvalue weighted by Gasteiger charge is -2.32. The van der Waals surface area contributed by atoms with E-state index in [4.69, 9.17) is 0 Å². The Bertz CT molecular complexity index is 509. The smallest absolute Gasteiger partial charge is 0.242 e. The molecule has 0 fully saturated rings. The van der Waals surface area contributed by atoms with E-state index < -0.39 is 21.8 Å². The molecule has 0 aliphatic carbocycles. The van der Waals surface area contributed by atoms with Gasteiger partial charge in [-0.05, 0) is 45.2 Å². The topological polar surface area (TPSA) is 49.4 Å². The number of likely N-dealkylation sites (N-methyl/N-ethyl adjacent to an activating group) is 1. The molecule has 2 atom stereocenters. The number of hydrogen-bond acceptors (Lipinski definition) is 2. The zero-order valence-corrected chi connectivity index (χ0v) is 15.2. The first-order chi connectivity index (χ1) is 10.1. The van der Waals surface area contributed by atoms with E-state index in [1.165, 1.54) is 0 Å². The molecule has 22 heavy (non-hydrogen) atoms. The summed E-state index contributed by atoms with van der Waals surface area (Å²) in [6.45, 7) is 9.89. The van der Waals surface area contributed by atoms with Gasteiger partial charge in [-0.25, -0.2) is 8.51 Å². The van der Waals surface area contributed by atoms with Crippen LogP contribution in [0.3, 0.4) is 0 Å². The zero-order valence-electron chi connectivity index (χ0n) is 14.4. The Labute approximate surface area is 136 Å². The van der Waals surface area contributed by atoms with Gasteiger partial charge >= 0.3 is 0 Å². The highest BCUT2D eigenvalue weighted by Gasteiger charge is 2.33. The van der Waals surface area contributed by atoms with Gasteiger partial charge in [0.1, 0.15) is 17.0 Å². The van der Waals surface area contributed by atoms with Crippen molar-refractivity contribution >= 4 is 22.6 Å². The molecule has 5 heteroatoms. The molecule has 0 radical (unpaired) electrons. The molecule has 0 heterocycles. The van der Waals surface area contributed by atoms with Crippen LogP contribution in [0.25, 0.3) is 0 Å². The molecule has 0 saturated heterocycles. The van der Waals surface area contributed by atoms with Crippen LogP contribution < -0.4 is 5.32 Å². The first-order valence-corrected chi connectivity index (χ1v) is 8.74. The average molecular weight is 324 g/mol. The lowest BCUT2D eigenvalue weighted by atomic mass is 10.0. The molecular weight excluding hydrogens is 296 g/mol. The summed E-state index contributed by atoms with van der Waals surface area (Å²) in [5, 5.41) is 2.92. The predicted octanol–water partition coefficient (Wildman–Crippen LogP) is 3.43. The molecule has 0 aromatic heterocycles. The summed E-state index contributed by atoms with van der Waals surface area (Å²) in [7, 11) is 0.528. The Hall–Kier alpha value is -1.20. The number of anilines is 1. The molecule has 124 valence electrons. The Kier molecular flexibility index (Phi) is 6.75. The second-order valence-electron chi connectivity index (χ2n) is 6.91. The molecule has 4 nitrogen and oxygen atoms in total. The Balaban J connectivity index is 2.92. The summed E-state index contributed by atoms with van der Waals surface area (Å²) >= 11 is 0. The van der Waals surface area contributed by atoms with Crippen LogP contribution in [0.1, 0.15) is 41.0 Å². The number of hydrogen-bond donors (Lipinski definition) is 1. The molecular formula is C17H28N2O2S. The van der Waals surface area contributed by atoms with Gasteiger partial charge in [-0.1, -0.05) is 32.0 Å². The minimum absolute atomic E-state index is 0.111. The van der Waals surface area contributed by atoms with E-state index in [0.29, 0.717) is 12.3 Å². The van der Waals surface area contributed by atoms with Gasteiger partial charge in [-0.15, -0.1) is 0 Å². The quantitative estimate of drug-likeness (QED) is 0.871. The lowest BCUT2D eigenvalue weighted by molar-refractivity contribution is -0.119. The van der Waals surface area contributed by atoms with Gasteiger partial charge in [0.2, 0.25) is 5.91 Å². The van der Waals surface area contributed by atoms with Crippen LogP contribution in [-0.2, 0) is 15.8 Å². The van der Waals surface area contributed by atoms with E-state index in [9.17, 15) is 9.00 Å². The molecule has 1 aromatic rings. The summed E-state index contributed by atoms with van der Waals surface area (Å²) in [5.41, 5.74) is 0.760. The minimum atomic E-state index is -1.23. The summed E-state index contributed by atoms with van der Waals surface area (Å²) in [4.78, 5) is 12.6. The Morgan fingerprint density at radius 1 is 1.23 bits per heavy atom. The molecule has 0 saturated carbocycles. The first-order valence-electron chi connectivity index (χ1n) is 7.63. The van der Waals surface area contributed by atoms with E-state index in [0.717, 1.165) is 5.69 Å². The Morgan fingerprint density at radius 2 is 1.77 bits per heavy atom. The van der Waals surface area contributed by atoms with Crippen LogP contribution in [0.4, 0.5) is 5.69 Å². The van der Waals surface area contributed by atoms with Gasteiger partial charge in [-0.2, -0.15) is 0 Å². The van der Waals surface area contributed by atoms with Gasteiger partial charge in [0.05, 0.1) is 4.75 Å². The largest absolute Gasteiger partial charge is 0.325 e. The molecule has 0 aliphatic heterocycles. The summed E-state index contributed by atoms with van der Waals surface area (Å²) in [5.74, 6) is 0.228. The maximum absolute atomic E-state index is 12.6. The number of benzene rings is 1. The van der Waals surface area contributed by atoms with E-state index >= 15 is 0 Å². The van der Waals surface area contributed by atoms with Crippen molar-refractivity contribution in [1.29, 1.82) is 0 Å². The highest BCUT2D eigenvalue weighted by Crippen LogP contribution is 2.21. The van der Waals surface area contributed by atoms with Crippen molar-refractivity contribution in [3.63, 3.8) is 0 Å². The van der Waals surface area contributed by atoms with Crippen LogP contribution in [0.5, 0.6) is 0 Å². The van der Waals surface area contributed by atoms with Gasteiger partial charge in [-0.3, -0.25) is 4.79 Å². The molecule has 2 unspecified atom stereocenters. The van der Waals surface area contributed by atoms with Crippen molar-refractivity contribution in [2.75, 3.05) is 12.4 Å². The van der Waals surface area contributed by atoms with Crippen molar-refractivity contribution in [3.05, 3.63) is 30.3 Å². The van der Waals surface area contributed by atoms with Crippen LogP contribution in [0.15, 0.2) is 30.3 Å². The predicted molar refractivity (Wildman–Crippen MR) is 94.0 cm³/mol. The fourth-order valence-electron chi connectivity index (χ4n) is 2.16. The van der Waals surface area contributed by atoms with E-state index in [2.05, 4.69) is 19.2 Å². The lowest BCUT2D eigenvalue weighted by Crippen LogP contribution is -2.47. The van der Waals surface area contributed by atoms with E-state index in [1.54, 1.807) is 11.4 Å². The normalized spacial score (nSPS) is 14.9. The van der Waals surface area contributed by atoms with E-state index in [1.807, 2.05) is 51.1 Å². The van der Waals surface area contributed by atoms with Gasteiger partial charge in [0, 0.05) is 12.7 Å². The van der Waals surface area contributed by atoms with Crippen molar-refractivity contribution in [1.82, 2.24) is 4.31 Å². The van der Waals surface area contributed by atoms with Crippen molar-refractivity contribution in [2.24, 2.45) is 5.92 Å². The van der Waals surface area contributed by atoms with Gasteiger partial charge < -0.3 is 5.32 Å². The average Bonchev–Trinajstić information content (AvgIpc) is 2.43. The number of para-hydroxylation sites is 1. The van der Waals surface area contributed by atoms with Crippen LogP contribution in [-0.4, -0.2) is 32.3 Å². The van der Waals surface area contributed by atoms with Crippen molar-refractivity contribution < 1.29 is 9.00 Å². The second kappa shape index (κ2) is 7.88. The minimum Gasteiger partial charge on any atom is -0.325 e. The second-order valence-corrected chi connectivity index (χ2v) is 9.21. The maximum Gasteiger partial charge on any atom is 0.242 e. The SMILES string of the molecule is CC(C)CC(C(=O)Nc1ccccc1)N(C)S(=O)C(C)(C)C. The molecule has 1 rings (SSSR count). The van der Waals surface area contributed by atoms with Gasteiger partial charge in [0.25, 0.3) is 0 Å². The Morgan fingerprint density at radius 3 is 2.23 bits per heavy atom. The fourth-order valence-corrected chi connectivity index (χ4v) is 3.44. The van der Waals surface area contributed by atoms with Gasteiger partial charge in [0.15, 0.2) is 0 Å². The number of rotatable bonds is 6. The third-order valence-corrected chi connectivity index (χ3v) is 5.09. The summed E-state index contributed by atoms with van der Waals surface area (Å²) in [6.07, 6.45) is 0.664. The number of nitrogens with zero attached hydrogens (tertiary/aromatic N) is 1. The number of nitrogens with one attached hydrogen (secondary N) is 1. The third-order valence-electron chi connectivity index (χ3n) is 3.26. The first kappa shape index (κ1) is 18.8. The number of carbonyl (C=O) groups excluding carboxylic acids is 1. The highest BCUT2D eigenvalue weighted by atomic mass is 32.2. The molecule has 0 spiro atoms. The highest BCUT2D eigenvalue weighted by molar-refractivity contribution is 7.84. The fraction of sp³-hybridized carbons (Fsp3) is 0.588. The van der Waals surface area contributed by atoms with Crippen molar-refractivity contribution in [2.45, 2.75) is 51.8 Å². The molecule has 1 aromatic carbocycles. The third kappa shape index (κ3) is 5.54. The van der Waals surface area contributed by atoms with Crippen LogP contribution in [0.2, 0.25) is 0 Å². The molecule has 0 bridgehead atoms. The summed E-state index contributed by atoms with van der Waals surface area (Å²) in [6, 6.07) is 8.95. The number of amides is 1. The van der Waals surface area contributed by atoms with Crippen LogP contribution >= 0.6 is 0 Å². The summed E-state index contributed by atoms with van der Waals surface area (Å²) < 4.78 is 13.9. The standard InChI is InChI=1S/C17H28N2O2S/c1-13(2)12-15(19(6)22(21)17(3,4)5)16(20)18-14-10-8-7-9-11-14/h7-11,13,15H,12H2,1-6H3,(H,18,20). The monoisotopic (exact) mass is 324 g/mol. The molecule has 1 amide bonds. The van der Waals surface area contributed by atoms with Crippen molar-refractivity contribution in [3.8, 4) is 0 Å². The van der Waals surface area contributed by atoms with E-state index in [-0.39, 0.29) is 5.91 Å². The maximum atomic E-state index is 12.6. The molecule has 0 aliphatic rings. The molecule has 1 N–H and O–H groups in total.